The molecule has 2 atom stereocenters. The highest BCUT2D eigenvalue weighted by Crippen LogP contribution is 2.45. The van der Waals surface area contributed by atoms with Crippen molar-refractivity contribution >= 4 is 11.8 Å². The zero-order chi connectivity index (χ0) is 14.7. The molecule has 0 amide bonds. The summed E-state index contributed by atoms with van der Waals surface area (Å²) in [6.07, 6.45) is 5.10. The molecule has 0 fully saturated rings. The van der Waals surface area contributed by atoms with Crippen molar-refractivity contribution in [1.29, 1.82) is 0 Å². The average Bonchev–Trinajstić information content (AvgIpc) is 2.92. The van der Waals surface area contributed by atoms with Crippen molar-refractivity contribution in [2.45, 2.75) is 37.1 Å². The molecule has 21 heavy (non-hydrogen) atoms. The summed E-state index contributed by atoms with van der Waals surface area (Å²) in [6, 6.07) is 11.4. The lowest BCUT2D eigenvalue weighted by Crippen LogP contribution is -2.28. The second kappa shape index (κ2) is 6.63. The minimum atomic E-state index is 0.355. The van der Waals surface area contributed by atoms with Gasteiger partial charge in [-0.05, 0) is 42.6 Å². The van der Waals surface area contributed by atoms with E-state index in [9.17, 15) is 0 Å². The Kier molecular flexibility index (Phi) is 4.61. The second-order valence-electron chi connectivity index (χ2n) is 5.68. The Hall–Kier alpha value is -1.32. The molecule has 0 bridgehead atoms. The fraction of sp³-hybridized carbons (Fsp3) is 0.389. The van der Waals surface area contributed by atoms with Crippen LogP contribution < -0.4 is 5.32 Å². The van der Waals surface area contributed by atoms with Crippen LogP contribution in [0.1, 0.15) is 42.0 Å². The quantitative estimate of drug-likeness (QED) is 0.890. The first-order chi connectivity index (χ1) is 10.3. The number of thioether (sulfide) groups is 1. The molecule has 1 aromatic heterocycles. The lowest BCUT2D eigenvalue weighted by atomic mass is 9.88. The van der Waals surface area contributed by atoms with Crippen LogP contribution in [0.25, 0.3) is 0 Å². The third-order valence-electron chi connectivity index (χ3n) is 4.01. The molecule has 0 saturated carbocycles. The van der Waals surface area contributed by atoms with Crippen molar-refractivity contribution in [3.8, 4) is 0 Å². The Bertz CT molecular complexity index is 612. The van der Waals surface area contributed by atoms with Crippen LogP contribution in [0.4, 0.5) is 0 Å². The largest absolute Gasteiger partial charge is 0.309 e. The van der Waals surface area contributed by atoms with Gasteiger partial charge in [-0.25, -0.2) is 0 Å². The number of nitrogens with zero attached hydrogens (tertiary/aromatic N) is 1. The van der Waals surface area contributed by atoms with Crippen LogP contribution in [-0.4, -0.2) is 17.3 Å². The van der Waals surface area contributed by atoms with E-state index in [1.165, 1.54) is 21.6 Å². The topological polar surface area (TPSA) is 24.9 Å². The van der Waals surface area contributed by atoms with Gasteiger partial charge >= 0.3 is 0 Å². The fourth-order valence-electron chi connectivity index (χ4n) is 3.00. The van der Waals surface area contributed by atoms with Gasteiger partial charge in [0.25, 0.3) is 0 Å². The first-order valence-electron chi connectivity index (χ1n) is 7.66. The van der Waals surface area contributed by atoms with E-state index >= 15 is 0 Å². The first kappa shape index (κ1) is 14.6. The molecule has 0 radical (unpaired) electrons. The van der Waals surface area contributed by atoms with Crippen LogP contribution in [0, 0.1) is 6.92 Å². The molecule has 1 aliphatic heterocycles. The SMILES string of the molecule is CCCNC(c1cncc(C)c1)C1CSc2ccccc21. The van der Waals surface area contributed by atoms with Gasteiger partial charge in [-0.15, -0.1) is 11.8 Å². The molecule has 2 aromatic rings. The first-order valence-corrected chi connectivity index (χ1v) is 8.65. The maximum absolute atomic E-state index is 4.39. The van der Waals surface area contributed by atoms with Gasteiger partial charge in [-0.2, -0.15) is 0 Å². The summed E-state index contributed by atoms with van der Waals surface area (Å²) in [4.78, 5) is 5.83. The fourth-order valence-corrected chi connectivity index (χ4v) is 4.30. The number of aromatic nitrogens is 1. The lowest BCUT2D eigenvalue weighted by molar-refractivity contribution is 0.470. The monoisotopic (exact) mass is 298 g/mol. The van der Waals surface area contributed by atoms with Gasteiger partial charge in [0.15, 0.2) is 0 Å². The van der Waals surface area contributed by atoms with Crippen LogP contribution in [0.3, 0.4) is 0 Å². The number of hydrogen-bond acceptors (Lipinski definition) is 3. The molecule has 1 aromatic carbocycles. The van der Waals surface area contributed by atoms with Gasteiger partial charge in [-0.1, -0.05) is 31.2 Å². The van der Waals surface area contributed by atoms with Crippen molar-refractivity contribution < 1.29 is 0 Å². The Morgan fingerprint density at radius 1 is 1.33 bits per heavy atom. The van der Waals surface area contributed by atoms with Crippen LogP contribution >= 0.6 is 11.8 Å². The second-order valence-corrected chi connectivity index (χ2v) is 6.74. The molecule has 2 heterocycles. The van der Waals surface area contributed by atoms with Gasteiger partial charge < -0.3 is 5.32 Å². The lowest BCUT2D eigenvalue weighted by Gasteiger charge is -2.25. The van der Waals surface area contributed by atoms with Crippen LogP contribution in [-0.2, 0) is 0 Å². The summed E-state index contributed by atoms with van der Waals surface area (Å²) in [6.45, 7) is 5.38. The van der Waals surface area contributed by atoms with Crippen LogP contribution in [0.5, 0.6) is 0 Å². The minimum Gasteiger partial charge on any atom is -0.309 e. The molecular formula is C18H22N2S. The van der Waals surface area contributed by atoms with Crippen LogP contribution in [0.15, 0.2) is 47.6 Å². The van der Waals surface area contributed by atoms with Gasteiger partial charge in [0.05, 0.1) is 0 Å². The molecule has 1 N–H and O–H groups in total. The predicted octanol–water partition coefficient (Wildman–Crippen LogP) is 4.32. The number of nitrogens with one attached hydrogen (secondary N) is 1. The molecule has 2 nitrogen and oxygen atoms in total. The van der Waals surface area contributed by atoms with Crippen molar-refractivity contribution in [2.24, 2.45) is 0 Å². The number of benzene rings is 1. The number of hydrogen-bond donors (Lipinski definition) is 1. The standard InChI is InChI=1S/C18H22N2S/c1-3-8-20-18(14-9-13(2)10-19-11-14)16-12-21-17-7-5-4-6-15(16)17/h4-7,9-11,16,18,20H,3,8,12H2,1-2H3. The summed E-state index contributed by atoms with van der Waals surface area (Å²) in [5.41, 5.74) is 4.03. The van der Waals surface area contributed by atoms with Crippen LogP contribution in [0.2, 0.25) is 0 Å². The Morgan fingerprint density at radius 2 is 2.19 bits per heavy atom. The summed E-state index contributed by atoms with van der Waals surface area (Å²) >= 11 is 1.98. The summed E-state index contributed by atoms with van der Waals surface area (Å²) in [5.74, 6) is 1.68. The highest BCUT2D eigenvalue weighted by Gasteiger charge is 2.31. The van der Waals surface area contributed by atoms with E-state index in [1.54, 1.807) is 0 Å². The molecule has 3 rings (SSSR count). The normalized spacial score (nSPS) is 18.5. The summed E-state index contributed by atoms with van der Waals surface area (Å²) in [7, 11) is 0. The van der Waals surface area contributed by atoms with Gasteiger partial charge in [-0.3, -0.25) is 4.98 Å². The Balaban J connectivity index is 1.93. The van der Waals surface area contributed by atoms with Gasteiger partial charge in [0, 0.05) is 35.0 Å². The zero-order valence-corrected chi connectivity index (χ0v) is 13.5. The molecule has 2 unspecified atom stereocenters. The number of rotatable bonds is 5. The molecule has 0 aliphatic carbocycles. The molecule has 3 heteroatoms. The smallest absolute Gasteiger partial charge is 0.0413 e. The van der Waals surface area contributed by atoms with Crippen molar-refractivity contribution in [2.75, 3.05) is 12.3 Å². The highest BCUT2D eigenvalue weighted by atomic mass is 32.2. The molecule has 110 valence electrons. The van der Waals surface area contributed by atoms with Crippen molar-refractivity contribution in [3.05, 3.63) is 59.4 Å². The highest BCUT2D eigenvalue weighted by molar-refractivity contribution is 7.99. The summed E-state index contributed by atoms with van der Waals surface area (Å²) < 4.78 is 0. The van der Waals surface area contributed by atoms with E-state index in [2.05, 4.69) is 54.5 Å². The molecule has 1 aliphatic rings. The zero-order valence-electron chi connectivity index (χ0n) is 12.7. The summed E-state index contributed by atoms with van der Waals surface area (Å²) in [5, 5.41) is 3.74. The van der Waals surface area contributed by atoms with E-state index < -0.39 is 0 Å². The van der Waals surface area contributed by atoms with E-state index in [0.29, 0.717) is 12.0 Å². The molecule has 0 spiro atoms. The van der Waals surface area contributed by atoms with E-state index in [1.807, 2.05) is 24.2 Å². The minimum absolute atomic E-state index is 0.355. The van der Waals surface area contributed by atoms with E-state index in [-0.39, 0.29) is 0 Å². The van der Waals surface area contributed by atoms with E-state index in [0.717, 1.165) is 18.7 Å². The maximum Gasteiger partial charge on any atom is 0.0413 e. The van der Waals surface area contributed by atoms with Crippen molar-refractivity contribution in [3.63, 3.8) is 0 Å². The average molecular weight is 298 g/mol. The predicted molar refractivity (Wildman–Crippen MR) is 89.9 cm³/mol. The van der Waals surface area contributed by atoms with Gasteiger partial charge in [0.2, 0.25) is 0 Å². The van der Waals surface area contributed by atoms with Gasteiger partial charge in [0.1, 0.15) is 0 Å². The number of pyridine rings is 1. The van der Waals surface area contributed by atoms with Crippen molar-refractivity contribution in [1.82, 2.24) is 10.3 Å². The third kappa shape index (κ3) is 3.14. The Labute approximate surface area is 131 Å². The number of aryl methyl sites for hydroxylation is 1. The molecule has 0 saturated heterocycles. The molecular weight excluding hydrogens is 276 g/mol. The third-order valence-corrected chi connectivity index (χ3v) is 5.22. The Morgan fingerprint density at radius 3 is 3.00 bits per heavy atom. The number of fused-ring (bicyclic) bond motifs is 1. The maximum atomic E-state index is 4.39. The van der Waals surface area contributed by atoms with E-state index in [4.69, 9.17) is 0 Å².